The molecular formula is C48H31N5. The Bertz CT molecular complexity index is 2920. The van der Waals surface area contributed by atoms with Crippen LogP contribution in [0.15, 0.2) is 188 Å². The first-order valence-electron chi connectivity index (χ1n) is 17.7. The average molecular weight is 678 g/mol. The van der Waals surface area contributed by atoms with E-state index < -0.39 is 0 Å². The Labute approximate surface area is 306 Å². The molecule has 0 N–H and O–H groups in total. The molecule has 0 unspecified atom stereocenters. The van der Waals surface area contributed by atoms with E-state index in [1.54, 1.807) is 6.20 Å². The molecule has 0 radical (unpaired) electrons. The van der Waals surface area contributed by atoms with Gasteiger partial charge in [0.25, 0.3) is 0 Å². The normalized spacial score (nSPS) is 11.4. The Morgan fingerprint density at radius 2 is 0.925 bits per heavy atom. The van der Waals surface area contributed by atoms with E-state index >= 15 is 0 Å². The van der Waals surface area contributed by atoms with E-state index in [2.05, 4.69) is 137 Å². The van der Waals surface area contributed by atoms with E-state index in [1.807, 2.05) is 54.7 Å². The quantitative estimate of drug-likeness (QED) is 0.176. The lowest BCUT2D eigenvalue weighted by Crippen LogP contribution is -2.00. The second-order valence-corrected chi connectivity index (χ2v) is 13.1. The van der Waals surface area contributed by atoms with Crippen molar-refractivity contribution in [3.63, 3.8) is 0 Å². The van der Waals surface area contributed by atoms with E-state index in [1.165, 1.54) is 38.1 Å². The van der Waals surface area contributed by atoms with Gasteiger partial charge < -0.3 is 4.57 Å². The van der Waals surface area contributed by atoms with Crippen molar-refractivity contribution in [3.8, 4) is 62.1 Å². The maximum Gasteiger partial charge on any atom is 0.164 e. The van der Waals surface area contributed by atoms with Crippen LogP contribution in [-0.4, -0.2) is 24.5 Å². The summed E-state index contributed by atoms with van der Waals surface area (Å²) >= 11 is 0. The third-order valence-corrected chi connectivity index (χ3v) is 9.93. The molecule has 53 heavy (non-hydrogen) atoms. The number of fused-ring (bicyclic) bond motifs is 5. The molecule has 0 aliphatic carbocycles. The van der Waals surface area contributed by atoms with Crippen molar-refractivity contribution in [3.05, 3.63) is 188 Å². The lowest BCUT2D eigenvalue weighted by molar-refractivity contribution is 1.07. The van der Waals surface area contributed by atoms with Crippen LogP contribution in [0.2, 0.25) is 0 Å². The van der Waals surface area contributed by atoms with Crippen LogP contribution in [0.4, 0.5) is 0 Å². The molecule has 5 nitrogen and oxygen atoms in total. The van der Waals surface area contributed by atoms with Crippen LogP contribution in [0.3, 0.4) is 0 Å². The zero-order chi connectivity index (χ0) is 35.1. The number of benzene rings is 7. The predicted octanol–water partition coefficient (Wildman–Crippen LogP) is 11.9. The highest BCUT2D eigenvalue weighted by Gasteiger charge is 2.18. The van der Waals surface area contributed by atoms with Gasteiger partial charge in [-0.15, -0.1) is 0 Å². The minimum absolute atomic E-state index is 0.619. The van der Waals surface area contributed by atoms with Crippen molar-refractivity contribution >= 4 is 32.6 Å². The number of nitrogens with zero attached hydrogens (tertiary/aromatic N) is 5. The maximum atomic E-state index is 5.06. The zero-order valence-corrected chi connectivity index (χ0v) is 28.6. The Morgan fingerprint density at radius 3 is 1.66 bits per heavy atom. The van der Waals surface area contributed by atoms with Crippen molar-refractivity contribution in [2.24, 2.45) is 0 Å². The number of hydrogen-bond donors (Lipinski definition) is 0. The summed E-state index contributed by atoms with van der Waals surface area (Å²) in [5.74, 6) is 1.87. The summed E-state index contributed by atoms with van der Waals surface area (Å²) in [5.41, 5.74) is 10.7. The van der Waals surface area contributed by atoms with Crippen LogP contribution in [0.25, 0.3) is 94.7 Å². The van der Waals surface area contributed by atoms with Gasteiger partial charge in [-0.3, -0.25) is 4.98 Å². The van der Waals surface area contributed by atoms with Gasteiger partial charge in [-0.2, -0.15) is 0 Å². The first kappa shape index (κ1) is 30.6. The molecule has 3 heterocycles. The van der Waals surface area contributed by atoms with Crippen molar-refractivity contribution in [2.45, 2.75) is 0 Å². The maximum absolute atomic E-state index is 5.06. The second-order valence-electron chi connectivity index (χ2n) is 13.1. The number of pyridine rings is 1. The fraction of sp³-hybridized carbons (Fsp3) is 0. The summed E-state index contributed by atoms with van der Waals surface area (Å²) in [6.45, 7) is 0. The first-order valence-corrected chi connectivity index (χ1v) is 17.7. The van der Waals surface area contributed by atoms with Gasteiger partial charge in [0, 0.05) is 51.1 Å². The number of para-hydroxylation sites is 2. The summed E-state index contributed by atoms with van der Waals surface area (Å²) in [5, 5.41) is 4.96. The smallest absolute Gasteiger partial charge is 0.164 e. The highest BCUT2D eigenvalue weighted by atomic mass is 15.0. The summed E-state index contributed by atoms with van der Waals surface area (Å²) in [6.07, 6.45) is 3.66. The van der Waals surface area contributed by atoms with Crippen molar-refractivity contribution in [1.82, 2.24) is 24.5 Å². The largest absolute Gasteiger partial charge is 0.309 e. The fourth-order valence-electron chi connectivity index (χ4n) is 7.44. The van der Waals surface area contributed by atoms with Gasteiger partial charge in [0.1, 0.15) is 0 Å². The van der Waals surface area contributed by atoms with Crippen LogP contribution < -0.4 is 0 Å². The molecular weight excluding hydrogens is 647 g/mol. The van der Waals surface area contributed by atoms with E-state index in [4.69, 9.17) is 15.0 Å². The standard InChI is InChI=1S/C48H31N5/c1-3-13-33(14-4-1)46-50-47(52-48(51-46)36-16-11-15-35(29-36)37-17-12-28-49-31-37)34-26-24-32(25-27-34)42-30-44-45(40-21-8-7-20-39(40)42)41-22-9-10-23-43(41)53(44)38-18-5-2-6-19-38/h1-31H. The molecule has 0 saturated carbocycles. The molecule has 5 heteroatoms. The van der Waals surface area contributed by atoms with Crippen LogP contribution in [-0.2, 0) is 0 Å². The molecule has 0 fully saturated rings. The minimum Gasteiger partial charge on any atom is -0.309 e. The van der Waals surface area contributed by atoms with Gasteiger partial charge in [-0.25, -0.2) is 15.0 Å². The fourth-order valence-corrected chi connectivity index (χ4v) is 7.44. The highest BCUT2D eigenvalue weighted by molar-refractivity contribution is 6.24. The van der Waals surface area contributed by atoms with Gasteiger partial charge in [-0.05, 0) is 63.9 Å². The summed E-state index contributed by atoms with van der Waals surface area (Å²) < 4.78 is 2.38. The van der Waals surface area contributed by atoms with E-state index in [0.29, 0.717) is 17.5 Å². The second kappa shape index (κ2) is 12.8. The van der Waals surface area contributed by atoms with Gasteiger partial charge in [0.05, 0.1) is 11.0 Å². The van der Waals surface area contributed by atoms with E-state index in [-0.39, 0.29) is 0 Å². The summed E-state index contributed by atoms with van der Waals surface area (Å²) in [7, 11) is 0. The molecule has 0 saturated heterocycles. The highest BCUT2D eigenvalue weighted by Crippen LogP contribution is 2.41. The Balaban J connectivity index is 1.12. The topological polar surface area (TPSA) is 56.5 Å². The Kier molecular flexibility index (Phi) is 7.40. The molecule has 0 atom stereocenters. The minimum atomic E-state index is 0.619. The first-order chi connectivity index (χ1) is 26.3. The van der Waals surface area contributed by atoms with Crippen molar-refractivity contribution in [2.75, 3.05) is 0 Å². The zero-order valence-electron chi connectivity index (χ0n) is 28.6. The predicted molar refractivity (Wildman–Crippen MR) is 217 cm³/mol. The SMILES string of the molecule is c1ccc(-c2nc(-c3ccc(-c4cc5c(c6ccccc46)c4ccccc4n5-c4ccccc4)cc3)nc(-c3cccc(-c4cccnc4)c3)n2)cc1. The number of hydrogen-bond acceptors (Lipinski definition) is 4. The summed E-state index contributed by atoms with van der Waals surface area (Å²) in [6, 6.07) is 61.4. The van der Waals surface area contributed by atoms with Crippen molar-refractivity contribution < 1.29 is 0 Å². The van der Waals surface area contributed by atoms with Gasteiger partial charge in [0.15, 0.2) is 17.5 Å². The molecule has 0 spiro atoms. The molecule has 3 aromatic heterocycles. The summed E-state index contributed by atoms with van der Waals surface area (Å²) in [4.78, 5) is 19.4. The van der Waals surface area contributed by atoms with Crippen LogP contribution >= 0.6 is 0 Å². The van der Waals surface area contributed by atoms with E-state index in [0.717, 1.165) is 39.1 Å². The third kappa shape index (κ3) is 5.43. The molecule has 0 aliphatic heterocycles. The monoisotopic (exact) mass is 677 g/mol. The van der Waals surface area contributed by atoms with Gasteiger partial charge in [-0.1, -0.05) is 140 Å². The molecule has 0 amide bonds. The van der Waals surface area contributed by atoms with E-state index in [9.17, 15) is 0 Å². The Hall–Kier alpha value is -7.24. The van der Waals surface area contributed by atoms with Crippen LogP contribution in [0.5, 0.6) is 0 Å². The lowest BCUT2D eigenvalue weighted by atomic mass is 9.94. The molecule has 248 valence electrons. The third-order valence-electron chi connectivity index (χ3n) is 9.93. The molecule has 0 aliphatic rings. The Morgan fingerprint density at radius 1 is 0.358 bits per heavy atom. The average Bonchev–Trinajstić information content (AvgIpc) is 3.59. The molecule has 10 aromatic rings. The number of rotatable bonds is 6. The van der Waals surface area contributed by atoms with Gasteiger partial charge >= 0.3 is 0 Å². The lowest BCUT2D eigenvalue weighted by Gasteiger charge is -2.13. The molecule has 7 aromatic carbocycles. The van der Waals surface area contributed by atoms with Crippen LogP contribution in [0, 0.1) is 0 Å². The molecule has 0 bridgehead atoms. The van der Waals surface area contributed by atoms with Crippen LogP contribution in [0.1, 0.15) is 0 Å². The number of aromatic nitrogens is 5. The van der Waals surface area contributed by atoms with Crippen molar-refractivity contribution in [1.29, 1.82) is 0 Å². The molecule has 10 rings (SSSR count). The van der Waals surface area contributed by atoms with Gasteiger partial charge in [0.2, 0.25) is 0 Å².